The van der Waals surface area contributed by atoms with Crippen molar-refractivity contribution in [1.29, 1.82) is 0 Å². The Labute approximate surface area is 105 Å². The summed E-state index contributed by atoms with van der Waals surface area (Å²) >= 11 is 5.92. The van der Waals surface area contributed by atoms with Crippen LogP contribution >= 0.6 is 11.6 Å². The number of carbonyl (C=O) groups excluding carboxylic acids is 3. The van der Waals surface area contributed by atoms with E-state index in [1.807, 2.05) is 25.1 Å². The second kappa shape index (κ2) is 5.76. The van der Waals surface area contributed by atoms with Gasteiger partial charge in [0.25, 0.3) is 0 Å². The predicted octanol–water partition coefficient (Wildman–Crippen LogP) is 2.55. The molecule has 0 bridgehead atoms. The Hall–Kier alpha value is -1.44. The number of hydrogen-bond acceptors (Lipinski definition) is 3. The monoisotopic (exact) mass is 252 g/mol. The van der Waals surface area contributed by atoms with Crippen LogP contribution < -0.4 is 0 Å². The molecule has 0 heterocycles. The molecule has 1 atom stereocenters. The van der Waals surface area contributed by atoms with Gasteiger partial charge in [-0.25, -0.2) is 0 Å². The van der Waals surface area contributed by atoms with Crippen molar-refractivity contribution >= 4 is 24.0 Å². The van der Waals surface area contributed by atoms with Crippen molar-refractivity contribution in [3.05, 3.63) is 34.3 Å². The lowest BCUT2D eigenvalue weighted by atomic mass is 9.72. The lowest BCUT2D eigenvalue weighted by Gasteiger charge is -2.31. The number of hydrogen-bond donors (Lipinski definition) is 0. The predicted molar refractivity (Wildman–Crippen MR) is 62.8 cm³/mol. The largest absolute Gasteiger partial charge is 0.373 e. The fraction of sp³-hybridized carbons (Fsp3) is 0.385. The Morgan fingerprint density at radius 3 is 2.65 bits per heavy atom. The van der Waals surface area contributed by atoms with E-state index in [4.69, 9.17) is 21.2 Å². The van der Waals surface area contributed by atoms with E-state index in [1.165, 1.54) is 5.56 Å². The van der Waals surface area contributed by atoms with Crippen LogP contribution in [-0.4, -0.2) is 12.4 Å². The molecule has 0 fully saturated rings. The standard InChI is InChI=1S/C12H13ClO.CO2/c1-12(8-14)6-2-3-9-7-10(13)4-5-11(9)12;2-1-3/h4-5,7-8H,2-3,6H2,1H3;/t12-;/m0./s1. The lowest BCUT2D eigenvalue weighted by molar-refractivity contribution is -0.191. The van der Waals surface area contributed by atoms with Gasteiger partial charge >= 0.3 is 6.15 Å². The highest BCUT2D eigenvalue weighted by molar-refractivity contribution is 6.30. The summed E-state index contributed by atoms with van der Waals surface area (Å²) in [5, 5.41) is 0.763. The zero-order valence-electron chi connectivity index (χ0n) is 9.53. The van der Waals surface area contributed by atoms with Crippen molar-refractivity contribution in [3.63, 3.8) is 0 Å². The van der Waals surface area contributed by atoms with Crippen LogP contribution in [0.15, 0.2) is 18.2 Å². The third-order valence-electron chi connectivity index (χ3n) is 3.08. The van der Waals surface area contributed by atoms with Crippen molar-refractivity contribution in [2.45, 2.75) is 31.6 Å². The molecule has 90 valence electrons. The van der Waals surface area contributed by atoms with Crippen molar-refractivity contribution in [1.82, 2.24) is 0 Å². The summed E-state index contributed by atoms with van der Waals surface area (Å²) in [5.74, 6) is 0. The minimum absolute atomic E-state index is 0.250. The Balaban J connectivity index is 0.000000437. The van der Waals surface area contributed by atoms with Crippen LogP contribution in [0.3, 0.4) is 0 Å². The van der Waals surface area contributed by atoms with Crippen molar-refractivity contribution in [3.8, 4) is 0 Å². The molecule has 2 rings (SSSR count). The third-order valence-corrected chi connectivity index (χ3v) is 3.32. The summed E-state index contributed by atoms with van der Waals surface area (Å²) in [5.41, 5.74) is 2.10. The van der Waals surface area contributed by atoms with Gasteiger partial charge in [0.1, 0.15) is 6.29 Å². The molecule has 1 aliphatic carbocycles. The number of fused-ring (bicyclic) bond motifs is 1. The van der Waals surface area contributed by atoms with Crippen LogP contribution in [0.1, 0.15) is 30.9 Å². The number of rotatable bonds is 1. The van der Waals surface area contributed by atoms with E-state index in [0.29, 0.717) is 0 Å². The van der Waals surface area contributed by atoms with Crippen LogP contribution in [0.25, 0.3) is 0 Å². The van der Waals surface area contributed by atoms with Gasteiger partial charge in [-0.05, 0) is 49.4 Å². The van der Waals surface area contributed by atoms with E-state index in [9.17, 15) is 4.79 Å². The highest BCUT2D eigenvalue weighted by Gasteiger charge is 2.31. The van der Waals surface area contributed by atoms with Gasteiger partial charge in [0, 0.05) is 10.4 Å². The molecule has 0 saturated heterocycles. The maximum Gasteiger partial charge on any atom is 0.373 e. The summed E-state index contributed by atoms with van der Waals surface area (Å²) in [6.07, 6.45) is 4.38. The van der Waals surface area contributed by atoms with Gasteiger partial charge in [-0.2, -0.15) is 9.59 Å². The van der Waals surface area contributed by atoms with Gasteiger partial charge in [0.2, 0.25) is 0 Å². The smallest absolute Gasteiger partial charge is 0.302 e. The first kappa shape index (κ1) is 13.6. The first-order valence-corrected chi connectivity index (χ1v) is 5.69. The maximum atomic E-state index is 11.1. The maximum absolute atomic E-state index is 11.1. The summed E-state index contributed by atoms with van der Waals surface area (Å²) in [6.45, 7) is 2.01. The molecule has 0 saturated carbocycles. The van der Waals surface area contributed by atoms with Gasteiger partial charge in [0.15, 0.2) is 0 Å². The fourth-order valence-electron chi connectivity index (χ4n) is 2.23. The highest BCUT2D eigenvalue weighted by atomic mass is 35.5. The quantitative estimate of drug-likeness (QED) is 0.722. The van der Waals surface area contributed by atoms with Crippen LogP contribution in [0.2, 0.25) is 5.02 Å². The van der Waals surface area contributed by atoms with Crippen LogP contribution in [0.4, 0.5) is 0 Å². The summed E-state index contributed by atoms with van der Waals surface area (Å²) < 4.78 is 0. The van der Waals surface area contributed by atoms with Gasteiger partial charge in [-0.1, -0.05) is 17.7 Å². The van der Waals surface area contributed by atoms with Crippen LogP contribution in [0, 0.1) is 0 Å². The van der Waals surface area contributed by atoms with Gasteiger partial charge in [0.05, 0.1) is 0 Å². The van der Waals surface area contributed by atoms with Crippen molar-refractivity contribution in [2.75, 3.05) is 0 Å². The number of aldehydes is 1. The van der Waals surface area contributed by atoms with Crippen LogP contribution in [-0.2, 0) is 26.2 Å². The van der Waals surface area contributed by atoms with E-state index in [-0.39, 0.29) is 11.6 Å². The Kier molecular flexibility index (Phi) is 4.62. The van der Waals surface area contributed by atoms with Crippen LogP contribution in [0.5, 0.6) is 0 Å². The average Bonchev–Trinajstić information content (AvgIpc) is 2.30. The Bertz CT molecular complexity index is 450. The van der Waals surface area contributed by atoms with E-state index < -0.39 is 0 Å². The molecular formula is C13H13ClO3. The Morgan fingerprint density at radius 1 is 1.41 bits per heavy atom. The topological polar surface area (TPSA) is 51.2 Å². The molecule has 0 aliphatic heterocycles. The van der Waals surface area contributed by atoms with E-state index >= 15 is 0 Å². The molecule has 0 unspecified atom stereocenters. The molecule has 0 amide bonds. The third kappa shape index (κ3) is 3.02. The number of carbonyl (C=O) groups is 1. The van der Waals surface area contributed by atoms with E-state index in [2.05, 4.69) is 0 Å². The fourth-order valence-corrected chi connectivity index (χ4v) is 2.42. The van der Waals surface area contributed by atoms with Crippen molar-refractivity contribution < 1.29 is 14.4 Å². The molecular weight excluding hydrogens is 240 g/mol. The summed E-state index contributed by atoms with van der Waals surface area (Å²) in [4.78, 5) is 27.3. The second-order valence-corrected chi connectivity index (χ2v) is 4.71. The van der Waals surface area contributed by atoms with E-state index in [0.717, 1.165) is 36.1 Å². The molecule has 1 aromatic rings. The number of aryl methyl sites for hydroxylation is 1. The minimum Gasteiger partial charge on any atom is -0.302 e. The zero-order valence-corrected chi connectivity index (χ0v) is 10.3. The molecule has 0 spiro atoms. The molecule has 4 heteroatoms. The molecule has 0 N–H and O–H groups in total. The summed E-state index contributed by atoms with van der Waals surface area (Å²) in [7, 11) is 0. The molecule has 0 aromatic heterocycles. The molecule has 17 heavy (non-hydrogen) atoms. The SMILES string of the molecule is C[C@@]1(C=O)CCCc2cc(Cl)ccc21.O=C=O. The molecule has 0 radical (unpaired) electrons. The average molecular weight is 253 g/mol. The van der Waals surface area contributed by atoms with Crippen molar-refractivity contribution in [2.24, 2.45) is 0 Å². The summed E-state index contributed by atoms with van der Waals surface area (Å²) in [6, 6.07) is 5.84. The molecule has 1 aromatic carbocycles. The van der Waals surface area contributed by atoms with E-state index in [1.54, 1.807) is 0 Å². The minimum atomic E-state index is -0.293. The lowest BCUT2D eigenvalue weighted by Crippen LogP contribution is -2.28. The highest BCUT2D eigenvalue weighted by Crippen LogP contribution is 2.36. The number of halogens is 1. The first-order chi connectivity index (χ1) is 8.07. The first-order valence-electron chi connectivity index (χ1n) is 5.32. The zero-order chi connectivity index (χ0) is 12.9. The van der Waals surface area contributed by atoms with Gasteiger partial charge < -0.3 is 4.79 Å². The normalized spacial score (nSPS) is 21.5. The van der Waals surface area contributed by atoms with Gasteiger partial charge in [-0.15, -0.1) is 0 Å². The van der Waals surface area contributed by atoms with Gasteiger partial charge in [-0.3, -0.25) is 0 Å². The second-order valence-electron chi connectivity index (χ2n) is 4.27. The molecule has 1 aliphatic rings. The number of benzene rings is 1. The Morgan fingerprint density at radius 2 is 2.06 bits per heavy atom. The molecule has 3 nitrogen and oxygen atoms in total.